The zero-order chi connectivity index (χ0) is 19.6. The average molecular weight is 378 g/mol. The van der Waals surface area contributed by atoms with Gasteiger partial charge in [-0.05, 0) is 77.5 Å². The molecule has 2 rings (SSSR count). The fourth-order valence-electron chi connectivity index (χ4n) is 3.30. The number of aliphatic imine (C=N–C) groups is 1. The van der Waals surface area contributed by atoms with Gasteiger partial charge < -0.3 is 20.4 Å². The number of nitrogens with zero attached hydrogens (tertiary/aromatic N) is 3. The standard InChI is InChI=1S/C21H36FN5/c1-5-23-21(25-18(3)19-9-8-17(2)20(22)16-19)24-10-6-12-27-13-7-11-26(4)14-15-27/h8-9,16,18H,5-7,10-15H2,1-4H3,(H2,23,24,25). The van der Waals surface area contributed by atoms with Gasteiger partial charge in [-0.15, -0.1) is 0 Å². The van der Waals surface area contributed by atoms with Crippen molar-refractivity contribution in [3.8, 4) is 0 Å². The van der Waals surface area contributed by atoms with Gasteiger partial charge in [0.2, 0.25) is 0 Å². The van der Waals surface area contributed by atoms with E-state index in [9.17, 15) is 4.39 Å². The van der Waals surface area contributed by atoms with Crippen molar-refractivity contribution in [2.45, 2.75) is 39.7 Å². The normalized spacial score (nSPS) is 18.2. The Bertz CT molecular complexity index is 604. The number of likely N-dealkylation sites (N-methyl/N-ethyl adjacent to an activating group) is 1. The second kappa shape index (κ2) is 11.2. The molecule has 1 atom stereocenters. The first kappa shape index (κ1) is 21.6. The molecule has 1 aliphatic rings. The zero-order valence-corrected chi connectivity index (χ0v) is 17.4. The van der Waals surface area contributed by atoms with Crippen molar-refractivity contribution in [2.24, 2.45) is 4.99 Å². The van der Waals surface area contributed by atoms with Crippen LogP contribution in [0, 0.1) is 12.7 Å². The van der Waals surface area contributed by atoms with Crippen LogP contribution in [0.2, 0.25) is 0 Å². The monoisotopic (exact) mass is 377 g/mol. The number of rotatable bonds is 7. The lowest BCUT2D eigenvalue weighted by Crippen LogP contribution is -2.39. The summed E-state index contributed by atoms with van der Waals surface area (Å²) in [6, 6.07) is 5.40. The predicted octanol–water partition coefficient (Wildman–Crippen LogP) is 2.78. The molecule has 1 aromatic carbocycles. The maximum atomic E-state index is 13.8. The number of hydrogen-bond acceptors (Lipinski definition) is 3. The number of halogens is 1. The van der Waals surface area contributed by atoms with Crippen LogP contribution in [-0.4, -0.2) is 68.6 Å². The van der Waals surface area contributed by atoms with Crippen molar-refractivity contribution in [3.63, 3.8) is 0 Å². The molecule has 27 heavy (non-hydrogen) atoms. The van der Waals surface area contributed by atoms with Gasteiger partial charge in [0.05, 0.1) is 6.04 Å². The number of benzene rings is 1. The van der Waals surface area contributed by atoms with Gasteiger partial charge in [0, 0.05) is 26.2 Å². The highest BCUT2D eigenvalue weighted by Gasteiger charge is 2.12. The van der Waals surface area contributed by atoms with Crippen molar-refractivity contribution >= 4 is 5.96 Å². The molecule has 2 N–H and O–H groups in total. The first-order valence-corrected chi connectivity index (χ1v) is 10.2. The van der Waals surface area contributed by atoms with Gasteiger partial charge in [0.25, 0.3) is 0 Å². The molecule has 1 fully saturated rings. The summed E-state index contributed by atoms with van der Waals surface area (Å²) in [5, 5.41) is 6.68. The quantitative estimate of drug-likeness (QED) is 0.436. The van der Waals surface area contributed by atoms with E-state index in [1.165, 1.54) is 19.5 Å². The van der Waals surface area contributed by atoms with Gasteiger partial charge in [-0.25, -0.2) is 4.39 Å². The van der Waals surface area contributed by atoms with Gasteiger partial charge in [-0.1, -0.05) is 12.1 Å². The first-order chi connectivity index (χ1) is 13.0. The summed E-state index contributed by atoms with van der Waals surface area (Å²) in [7, 11) is 2.20. The molecule has 1 heterocycles. The Labute approximate surface area is 164 Å². The molecule has 0 amide bonds. The van der Waals surface area contributed by atoms with Crippen LogP contribution in [0.25, 0.3) is 0 Å². The molecule has 1 aromatic rings. The SMILES string of the molecule is CCNC(=NCCCN1CCCN(C)CC1)NC(C)c1ccc(C)c(F)c1. The van der Waals surface area contributed by atoms with E-state index in [0.29, 0.717) is 5.56 Å². The van der Waals surface area contributed by atoms with Crippen LogP contribution < -0.4 is 10.6 Å². The smallest absolute Gasteiger partial charge is 0.191 e. The van der Waals surface area contributed by atoms with E-state index in [2.05, 4.69) is 34.4 Å². The van der Waals surface area contributed by atoms with E-state index in [1.54, 1.807) is 13.0 Å². The minimum absolute atomic E-state index is 0.000885. The van der Waals surface area contributed by atoms with E-state index >= 15 is 0 Å². The Morgan fingerprint density at radius 3 is 2.81 bits per heavy atom. The summed E-state index contributed by atoms with van der Waals surface area (Å²) < 4.78 is 13.8. The van der Waals surface area contributed by atoms with Gasteiger partial charge >= 0.3 is 0 Å². The Balaban J connectivity index is 1.83. The largest absolute Gasteiger partial charge is 0.357 e. The second-order valence-electron chi connectivity index (χ2n) is 7.49. The van der Waals surface area contributed by atoms with Crippen LogP contribution in [0.3, 0.4) is 0 Å². The Morgan fingerprint density at radius 1 is 1.26 bits per heavy atom. The van der Waals surface area contributed by atoms with Crippen LogP contribution in [0.5, 0.6) is 0 Å². The molecular weight excluding hydrogens is 341 g/mol. The van der Waals surface area contributed by atoms with Gasteiger partial charge in [0.1, 0.15) is 5.82 Å². The van der Waals surface area contributed by atoms with Gasteiger partial charge in [0.15, 0.2) is 5.96 Å². The maximum Gasteiger partial charge on any atom is 0.191 e. The molecule has 152 valence electrons. The molecule has 1 aliphatic heterocycles. The third-order valence-electron chi connectivity index (χ3n) is 5.11. The molecule has 6 heteroatoms. The first-order valence-electron chi connectivity index (χ1n) is 10.2. The summed E-state index contributed by atoms with van der Waals surface area (Å²) in [4.78, 5) is 9.65. The van der Waals surface area contributed by atoms with E-state index in [1.807, 2.05) is 19.1 Å². The second-order valence-corrected chi connectivity index (χ2v) is 7.49. The van der Waals surface area contributed by atoms with Crippen LogP contribution in [0.1, 0.15) is 43.9 Å². The summed E-state index contributed by atoms with van der Waals surface area (Å²) in [5.74, 6) is 0.632. The number of aryl methyl sites for hydroxylation is 1. The molecule has 0 radical (unpaired) electrons. The van der Waals surface area contributed by atoms with Crippen LogP contribution in [0.15, 0.2) is 23.2 Å². The average Bonchev–Trinajstić information content (AvgIpc) is 2.85. The predicted molar refractivity (Wildman–Crippen MR) is 112 cm³/mol. The molecule has 0 saturated carbocycles. The third-order valence-corrected chi connectivity index (χ3v) is 5.11. The van der Waals surface area contributed by atoms with Gasteiger partial charge in [-0.3, -0.25) is 4.99 Å². The molecule has 5 nitrogen and oxygen atoms in total. The van der Waals surface area contributed by atoms with Crippen molar-refractivity contribution in [1.29, 1.82) is 0 Å². The van der Waals surface area contributed by atoms with Crippen molar-refractivity contribution in [1.82, 2.24) is 20.4 Å². The lowest BCUT2D eigenvalue weighted by atomic mass is 10.1. The number of nitrogens with one attached hydrogen (secondary N) is 2. The highest BCUT2D eigenvalue weighted by atomic mass is 19.1. The lowest BCUT2D eigenvalue weighted by Gasteiger charge is -2.20. The molecule has 0 aliphatic carbocycles. The minimum Gasteiger partial charge on any atom is -0.357 e. The van der Waals surface area contributed by atoms with E-state index in [4.69, 9.17) is 4.99 Å². The lowest BCUT2D eigenvalue weighted by molar-refractivity contribution is 0.275. The van der Waals surface area contributed by atoms with Crippen molar-refractivity contribution < 1.29 is 4.39 Å². The number of guanidine groups is 1. The summed E-state index contributed by atoms with van der Waals surface area (Å²) >= 11 is 0. The molecule has 1 unspecified atom stereocenters. The minimum atomic E-state index is -0.161. The summed E-state index contributed by atoms with van der Waals surface area (Å²) in [5.41, 5.74) is 1.60. The summed E-state index contributed by atoms with van der Waals surface area (Å²) in [6.45, 7) is 13.2. The molecule has 0 spiro atoms. The third kappa shape index (κ3) is 7.46. The number of hydrogen-bond donors (Lipinski definition) is 2. The summed E-state index contributed by atoms with van der Waals surface area (Å²) in [6.07, 6.45) is 2.29. The molecule has 0 aromatic heterocycles. The zero-order valence-electron chi connectivity index (χ0n) is 17.4. The topological polar surface area (TPSA) is 42.9 Å². The molecule has 0 bridgehead atoms. The molecule has 1 saturated heterocycles. The van der Waals surface area contributed by atoms with Crippen LogP contribution in [0.4, 0.5) is 4.39 Å². The van der Waals surface area contributed by atoms with Crippen molar-refractivity contribution in [3.05, 3.63) is 35.1 Å². The molecular formula is C21H36FN5. The maximum absolute atomic E-state index is 13.8. The highest BCUT2D eigenvalue weighted by Crippen LogP contribution is 2.16. The van der Waals surface area contributed by atoms with E-state index in [-0.39, 0.29) is 11.9 Å². The highest BCUT2D eigenvalue weighted by molar-refractivity contribution is 5.80. The van der Waals surface area contributed by atoms with Crippen molar-refractivity contribution in [2.75, 3.05) is 52.9 Å². The Morgan fingerprint density at radius 2 is 2.07 bits per heavy atom. The Hall–Kier alpha value is -1.66. The van der Waals surface area contributed by atoms with E-state index in [0.717, 1.165) is 50.7 Å². The Kier molecular flexibility index (Phi) is 9.01. The van der Waals surface area contributed by atoms with Crippen LogP contribution in [-0.2, 0) is 0 Å². The van der Waals surface area contributed by atoms with Crippen LogP contribution >= 0.6 is 0 Å². The van der Waals surface area contributed by atoms with Gasteiger partial charge in [-0.2, -0.15) is 0 Å². The fourth-order valence-corrected chi connectivity index (χ4v) is 3.30. The fraction of sp³-hybridized carbons (Fsp3) is 0.667. The van der Waals surface area contributed by atoms with E-state index < -0.39 is 0 Å².